The van der Waals surface area contributed by atoms with Gasteiger partial charge in [-0.15, -0.1) is 0 Å². The van der Waals surface area contributed by atoms with Gasteiger partial charge in [0.1, 0.15) is 5.60 Å². The van der Waals surface area contributed by atoms with Crippen molar-refractivity contribution in [1.82, 2.24) is 24.0 Å². The van der Waals surface area contributed by atoms with Crippen LogP contribution in [0.4, 0.5) is 18.0 Å². The van der Waals surface area contributed by atoms with E-state index in [0.717, 1.165) is 69.4 Å². The number of hydrogen-bond donors (Lipinski definition) is 1. The highest BCUT2D eigenvalue weighted by Gasteiger charge is 2.42. The van der Waals surface area contributed by atoms with Crippen molar-refractivity contribution in [3.8, 4) is 0 Å². The second kappa shape index (κ2) is 22.9. The van der Waals surface area contributed by atoms with E-state index in [1.165, 1.54) is 29.3 Å². The van der Waals surface area contributed by atoms with Crippen LogP contribution in [-0.4, -0.2) is 126 Å². The summed E-state index contributed by atoms with van der Waals surface area (Å²) in [7, 11) is -4.35. The number of pyridine rings is 1. The smallest absolute Gasteiger partial charge is 0.417 e. The van der Waals surface area contributed by atoms with Gasteiger partial charge in [0.05, 0.1) is 22.7 Å². The number of alkyl halides is 3. The molecule has 0 aliphatic carbocycles. The van der Waals surface area contributed by atoms with Gasteiger partial charge in [0.2, 0.25) is 15.9 Å². The molecule has 0 bridgehead atoms. The van der Waals surface area contributed by atoms with Crippen molar-refractivity contribution in [1.29, 1.82) is 0 Å². The number of hydrogen-bond acceptors (Lipinski definition) is 9. The Bertz CT molecular complexity index is 1880. The number of carboxylic acids is 1. The highest BCUT2D eigenvalue weighted by atomic mass is 32.2. The summed E-state index contributed by atoms with van der Waals surface area (Å²) < 4.78 is 81.1. The quantitative estimate of drug-likeness (QED) is 0.184. The van der Waals surface area contributed by atoms with Crippen LogP contribution in [-0.2, 0) is 40.9 Å². The minimum absolute atomic E-state index is 0.00878. The maximum absolute atomic E-state index is 13.6. The Hall–Kier alpha value is -3.80. The number of piperidine rings is 3. The van der Waals surface area contributed by atoms with Crippen molar-refractivity contribution in [2.75, 3.05) is 52.4 Å². The van der Waals surface area contributed by atoms with Crippen LogP contribution >= 0.6 is 0 Å². The lowest BCUT2D eigenvalue weighted by atomic mass is 9.84. The Kier molecular flexibility index (Phi) is 18.2. The van der Waals surface area contributed by atoms with E-state index in [1.54, 1.807) is 11.1 Å². The molecule has 4 fully saturated rings. The molecule has 0 radical (unpaired) electrons. The molecule has 1 N–H and O–H groups in total. The number of nitrogens with zero attached hydrogens (tertiary/aromatic N) is 5. The van der Waals surface area contributed by atoms with Gasteiger partial charge in [0.15, 0.2) is 0 Å². The van der Waals surface area contributed by atoms with Crippen LogP contribution in [0.5, 0.6) is 0 Å². The average molecular weight is 908 g/mol. The summed E-state index contributed by atoms with van der Waals surface area (Å²) in [5.74, 6) is -0.769. The molecular weight excluding hydrogens is 840 g/mol. The predicted octanol–water partition coefficient (Wildman–Crippen LogP) is 8.48. The zero-order valence-corrected chi connectivity index (χ0v) is 38.1. The van der Waals surface area contributed by atoms with Crippen LogP contribution in [0.15, 0.2) is 53.7 Å². The summed E-state index contributed by atoms with van der Waals surface area (Å²) in [5, 5.41) is 8.67. The number of rotatable bonds is 15. The molecule has 2 unspecified atom stereocenters. The number of carbonyl (C=O) groups excluding carboxylic acids is 2. The average Bonchev–Trinajstić information content (AvgIpc) is 3.77. The summed E-state index contributed by atoms with van der Waals surface area (Å²) in [4.78, 5) is 45.5. The zero-order chi connectivity index (χ0) is 45.7. The molecule has 63 heavy (non-hydrogen) atoms. The fourth-order valence-electron chi connectivity index (χ4n) is 9.27. The molecule has 4 aliphatic heterocycles. The first kappa shape index (κ1) is 50.2. The number of carbonyl (C=O) groups is 3. The van der Waals surface area contributed by atoms with Crippen molar-refractivity contribution in [3.63, 3.8) is 0 Å². The summed E-state index contributed by atoms with van der Waals surface area (Å²) in [6.07, 6.45) is 9.99. The molecule has 352 valence electrons. The van der Waals surface area contributed by atoms with Gasteiger partial charge >= 0.3 is 18.2 Å². The van der Waals surface area contributed by atoms with E-state index in [1.807, 2.05) is 44.0 Å². The molecular formula is C46H68F3N5O8S. The lowest BCUT2D eigenvalue weighted by Gasteiger charge is -2.42. The second-order valence-electron chi connectivity index (χ2n) is 18.3. The molecule has 5 heterocycles. The van der Waals surface area contributed by atoms with Crippen LogP contribution in [0.2, 0.25) is 0 Å². The molecule has 1 aromatic carbocycles. The van der Waals surface area contributed by atoms with E-state index in [0.29, 0.717) is 71.2 Å². The van der Waals surface area contributed by atoms with Gasteiger partial charge in [-0.3, -0.25) is 14.6 Å². The first-order valence-corrected chi connectivity index (χ1v) is 24.3. The van der Waals surface area contributed by atoms with Gasteiger partial charge < -0.3 is 29.3 Å². The molecule has 1 aromatic heterocycles. The Morgan fingerprint density at radius 3 is 2.11 bits per heavy atom. The Balaban J connectivity index is 0.000000330. The maximum atomic E-state index is 13.6. The summed E-state index contributed by atoms with van der Waals surface area (Å²) in [6.45, 7) is 11.3. The minimum Gasteiger partial charge on any atom is -0.481 e. The van der Waals surface area contributed by atoms with Crippen LogP contribution in [0, 0.1) is 0 Å². The molecule has 4 aliphatic rings. The van der Waals surface area contributed by atoms with Gasteiger partial charge in [-0.2, -0.15) is 17.5 Å². The van der Waals surface area contributed by atoms with Crippen molar-refractivity contribution < 1.29 is 50.6 Å². The number of halogens is 3. The largest absolute Gasteiger partial charge is 0.481 e. The third kappa shape index (κ3) is 14.6. The third-order valence-corrected chi connectivity index (χ3v) is 14.6. The van der Waals surface area contributed by atoms with Gasteiger partial charge in [-0.25, -0.2) is 13.2 Å². The first-order valence-electron chi connectivity index (χ1n) is 22.8. The number of aromatic nitrogens is 1. The summed E-state index contributed by atoms with van der Waals surface area (Å²) in [5.41, 5.74) is -1.10. The number of likely N-dealkylation sites (tertiary alicyclic amines) is 3. The molecule has 2 aromatic rings. The minimum atomic E-state index is -4.77. The van der Waals surface area contributed by atoms with Gasteiger partial charge in [0.25, 0.3) is 0 Å². The standard InChI is InChI=1S/C32H43F3N4O4S.C14H25NO4/c33-32(34,35)28-12-1-2-13-29(28)44(41,42)39-20-4-3-10-27(39)11-7-14-30(40)38-21-15-31(16-22-38,26-9-8-17-36-25-26)43-24-23-37-18-5-6-19-37;1-14(2,3)19-13(18)15-10-5-4-7-11(15)8-6-9-12(16)17/h1-2,8-9,12-13,17,25,27H,3-7,10-11,14-16,18-24H2;11H,4-10H2,1-3H3,(H,16,17). The Labute approximate surface area is 371 Å². The highest BCUT2D eigenvalue weighted by Crippen LogP contribution is 2.39. The van der Waals surface area contributed by atoms with E-state index < -0.39 is 49.9 Å². The molecule has 6 rings (SSSR count). The monoisotopic (exact) mass is 907 g/mol. The number of amides is 2. The molecule has 2 amide bonds. The zero-order valence-electron chi connectivity index (χ0n) is 37.3. The number of aliphatic carboxylic acids is 1. The van der Waals surface area contributed by atoms with Crippen LogP contribution < -0.4 is 0 Å². The van der Waals surface area contributed by atoms with Crippen molar-refractivity contribution >= 4 is 28.0 Å². The van der Waals surface area contributed by atoms with E-state index in [2.05, 4.69) is 9.88 Å². The van der Waals surface area contributed by atoms with Gasteiger partial charge in [-0.05, 0) is 136 Å². The summed E-state index contributed by atoms with van der Waals surface area (Å²) >= 11 is 0. The SMILES string of the molecule is CC(C)(C)OC(=O)N1CCCCC1CCCC(=O)O.O=C(CCCC1CCCCN1S(=O)(=O)c1ccccc1C(F)(F)F)N1CCC(OCCN2CCCC2)(c2cccnc2)CC1. The van der Waals surface area contributed by atoms with Gasteiger partial charge in [-0.1, -0.05) is 24.6 Å². The molecule has 13 nitrogen and oxygen atoms in total. The number of carboxylic acid groups (broad SMARTS) is 1. The number of sulfonamides is 1. The van der Waals surface area contributed by atoms with E-state index in [4.69, 9.17) is 14.6 Å². The molecule has 0 saturated carbocycles. The maximum Gasteiger partial charge on any atom is 0.417 e. The number of ether oxygens (including phenoxy) is 2. The predicted molar refractivity (Wildman–Crippen MR) is 232 cm³/mol. The third-order valence-electron chi connectivity index (χ3n) is 12.6. The Morgan fingerprint density at radius 2 is 1.46 bits per heavy atom. The van der Waals surface area contributed by atoms with Crippen LogP contribution in [0.3, 0.4) is 0 Å². The van der Waals surface area contributed by atoms with Crippen molar-refractivity contribution in [2.45, 2.75) is 158 Å². The van der Waals surface area contributed by atoms with Crippen molar-refractivity contribution in [2.24, 2.45) is 0 Å². The normalized spacial score (nSPS) is 21.4. The van der Waals surface area contributed by atoms with Crippen LogP contribution in [0.1, 0.15) is 135 Å². The second-order valence-corrected chi connectivity index (χ2v) is 20.1. The lowest BCUT2D eigenvalue weighted by molar-refractivity contribution is -0.141. The summed E-state index contributed by atoms with van der Waals surface area (Å²) in [6, 6.07) is 8.00. The molecule has 0 spiro atoms. The lowest BCUT2D eigenvalue weighted by Crippen LogP contribution is -2.47. The fraction of sp³-hybridized carbons (Fsp3) is 0.696. The topological polar surface area (TPSA) is 150 Å². The molecule has 2 atom stereocenters. The molecule has 17 heteroatoms. The van der Waals surface area contributed by atoms with Gasteiger partial charge in [0, 0.05) is 75.6 Å². The van der Waals surface area contributed by atoms with Crippen LogP contribution in [0.25, 0.3) is 0 Å². The number of benzene rings is 1. The van der Waals surface area contributed by atoms with Crippen molar-refractivity contribution in [3.05, 3.63) is 59.9 Å². The van der Waals surface area contributed by atoms with E-state index >= 15 is 0 Å². The van der Waals surface area contributed by atoms with E-state index in [-0.39, 0.29) is 37.4 Å². The first-order chi connectivity index (χ1) is 29.9. The molecule has 4 saturated heterocycles. The fourth-order valence-corrected chi connectivity index (χ4v) is 11.2. The van der Waals surface area contributed by atoms with E-state index in [9.17, 15) is 36.0 Å². The Morgan fingerprint density at radius 1 is 0.825 bits per heavy atom. The highest BCUT2D eigenvalue weighted by molar-refractivity contribution is 7.89.